The number of esters is 1. The zero-order valence-corrected chi connectivity index (χ0v) is 27.2. The monoisotopic (exact) mass is 656 g/mol. The fourth-order valence-electron chi connectivity index (χ4n) is 5.81. The van der Waals surface area contributed by atoms with Gasteiger partial charge in [-0.2, -0.15) is 10.4 Å². The summed E-state index contributed by atoms with van der Waals surface area (Å²) in [5, 5.41) is 14.9. The molecule has 0 aliphatic carbocycles. The summed E-state index contributed by atoms with van der Waals surface area (Å²) in [6.07, 6.45) is 4.57. The van der Waals surface area contributed by atoms with E-state index in [1.165, 1.54) is 18.2 Å². The Hall–Kier alpha value is -3.93. The van der Waals surface area contributed by atoms with Gasteiger partial charge in [0.2, 0.25) is 10.0 Å². The molecule has 1 aromatic carbocycles. The number of nitrogens with zero attached hydrogens (tertiary/aromatic N) is 6. The van der Waals surface area contributed by atoms with Crippen molar-refractivity contribution >= 4 is 50.7 Å². The predicted octanol–water partition coefficient (Wildman–Crippen LogP) is 3.28. The number of sulfonamides is 1. The number of carbonyl (C=O) groups excluding carboxylic acids is 2. The first kappa shape index (κ1) is 32.5. The summed E-state index contributed by atoms with van der Waals surface area (Å²) in [6, 6.07) is 7.42. The highest BCUT2D eigenvalue weighted by atomic mass is 35.5. The van der Waals surface area contributed by atoms with Gasteiger partial charge in [-0.15, -0.1) is 0 Å². The lowest BCUT2D eigenvalue weighted by molar-refractivity contribution is -0.151. The van der Waals surface area contributed by atoms with Crippen molar-refractivity contribution in [2.75, 3.05) is 35.5 Å². The van der Waals surface area contributed by atoms with Gasteiger partial charge in [0.25, 0.3) is 5.91 Å². The number of nitrogens with one attached hydrogen (secondary N) is 1. The van der Waals surface area contributed by atoms with E-state index in [4.69, 9.17) is 32.2 Å². The molecule has 0 saturated carbocycles. The second kappa shape index (κ2) is 12.8. The van der Waals surface area contributed by atoms with E-state index in [2.05, 4.69) is 10.8 Å². The molecule has 15 heteroatoms. The third kappa shape index (κ3) is 7.00. The maximum Gasteiger partial charge on any atom is 0.323 e. The average molecular weight is 657 g/mol. The number of fused-ring (bicyclic) bond motifs is 1. The average Bonchev–Trinajstić information content (AvgIpc) is 3.59. The molecular weight excluding hydrogens is 620 g/mol. The Labute approximate surface area is 267 Å². The molecule has 2 fully saturated rings. The number of ether oxygens (including phenoxy) is 1. The number of aryl methyl sites for hydroxylation is 1. The molecule has 4 heterocycles. The van der Waals surface area contributed by atoms with Crippen molar-refractivity contribution < 1.29 is 22.7 Å². The van der Waals surface area contributed by atoms with Gasteiger partial charge >= 0.3 is 5.97 Å². The molecule has 45 heavy (non-hydrogen) atoms. The number of halogens is 1. The Morgan fingerprint density at radius 2 is 1.98 bits per heavy atom. The van der Waals surface area contributed by atoms with Crippen LogP contribution in [0.15, 0.2) is 30.5 Å². The number of carbonyl (C=O) groups is 2. The predicted molar refractivity (Wildman–Crippen MR) is 169 cm³/mol. The van der Waals surface area contributed by atoms with Crippen LogP contribution in [0.25, 0.3) is 5.65 Å². The number of amides is 1. The van der Waals surface area contributed by atoms with Gasteiger partial charge in [0, 0.05) is 35.9 Å². The smallest absolute Gasteiger partial charge is 0.323 e. The highest BCUT2D eigenvalue weighted by Gasteiger charge is 2.38. The molecule has 5 rings (SSSR count). The van der Waals surface area contributed by atoms with Crippen LogP contribution >= 0.6 is 11.6 Å². The number of nitriles is 1. The van der Waals surface area contributed by atoms with Crippen molar-refractivity contribution in [3.05, 3.63) is 52.3 Å². The van der Waals surface area contributed by atoms with Crippen molar-refractivity contribution in [3.8, 4) is 6.07 Å². The molecule has 3 aromatic rings. The molecule has 3 N–H and O–H groups in total. The molecule has 2 saturated heterocycles. The van der Waals surface area contributed by atoms with Crippen molar-refractivity contribution in [3.63, 3.8) is 0 Å². The van der Waals surface area contributed by atoms with E-state index in [-0.39, 0.29) is 29.1 Å². The van der Waals surface area contributed by atoms with Gasteiger partial charge in [-0.25, -0.2) is 17.9 Å². The lowest BCUT2D eigenvalue weighted by Crippen LogP contribution is -2.40. The van der Waals surface area contributed by atoms with Gasteiger partial charge in [0.05, 0.1) is 41.9 Å². The van der Waals surface area contributed by atoms with Gasteiger partial charge in [0.15, 0.2) is 5.65 Å². The Morgan fingerprint density at radius 3 is 2.67 bits per heavy atom. The standard InChI is InChI=1S/C30H37ClN8O5S/c1-17(2)27(33)30(41)44-25-16-37(15-19(25)13-32)28-18(3)14-39-26(34-28)12-23(35-39)24-7-5-6-10-38(24)29(40)21-11-20(31)8-9-22(21)36-45(4,42)43/h8-9,11-12,14,17,19,24-25,27,36H,5-7,10,15-16,33H2,1-4H3. The summed E-state index contributed by atoms with van der Waals surface area (Å²) in [6.45, 7) is 6.67. The number of anilines is 2. The highest BCUT2D eigenvalue weighted by Crippen LogP contribution is 2.35. The van der Waals surface area contributed by atoms with E-state index in [1.54, 1.807) is 9.42 Å². The van der Waals surface area contributed by atoms with Crippen LogP contribution in [0.2, 0.25) is 5.02 Å². The molecule has 4 atom stereocenters. The van der Waals surface area contributed by atoms with Gasteiger partial charge in [-0.3, -0.25) is 14.3 Å². The van der Waals surface area contributed by atoms with Crippen molar-refractivity contribution in [2.45, 2.75) is 58.2 Å². The molecule has 240 valence electrons. The number of nitrogens with two attached hydrogens (primary N) is 1. The minimum Gasteiger partial charge on any atom is -0.458 e. The molecule has 0 spiro atoms. The number of likely N-dealkylation sites (tertiary alicyclic amines) is 1. The highest BCUT2D eigenvalue weighted by molar-refractivity contribution is 7.92. The lowest BCUT2D eigenvalue weighted by atomic mass is 9.98. The van der Waals surface area contributed by atoms with E-state index in [1.807, 2.05) is 37.9 Å². The zero-order valence-electron chi connectivity index (χ0n) is 25.6. The van der Waals surface area contributed by atoms with Crippen LogP contribution in [0.1, 0.15) is 60.8 Å². The van der Waals surface area contributed by atoms with Crippen LogP contribution in [0.4, 0.5) is 11.5 Å². The molecule has 1 amide bonds. The largest absolute Gasteiger partial charge is 0.458 e. The number of rotatable bonds is 8. The topological polar surface area (TPSA) is 176 Å². The van der Waals surface area contributed by atoms with Gasteiger partial charge in [-0.05, 0) is 50.3 Å². The summed E-state index contributed by atoms with van der Waals surface area (Å²) in [4.78, 5) is 34.9. The van der Waals surface area contributed by atoms with Gasteiger partial charge < -0.3 is 20.3 Å². The maximum atomic E-state index is 13.9. The van der Waals surface area contributed by atoms with Crippen molar-refractivity contribution in [1.82, 2.24) is 19.5 Å². The van der Waals surface area contributed by atoms with Crippen molar-refractivity contribution in [2.24, 2.45) is 17.6 Å². The van der Waals surface area contributed by atoms with E-state index in [9.17, 15) is 23.3 Å². The first-order chi connectivity index (χ1) is 21.3. The quantitative estimate of drug-likeness (QED) is 0.342. The second-order valence-electron chi connectivity index (χ2n) is 12.1. The summed E-state index contributed by atoms with van der Waals surface area (Å²) >= 11 is 6.22. The first-order valence-electron chi connectivity index (χ1n) is 14.8. The van der Waals surface area contributed by atoms with Crippen LogP contribution in [0.5, 0.6) is 0 Å². The van der Waals surface area contributed by atoms with E-state index >= 15 is 0 Å². The summed E-state index contributed by atoms with van der Waals surface area (Å²) in [5.41, 5.74) is 8.30. The van der Waals surface area contributed by atoms with Crippen LogP contribution in [0, 0.1) is 30.1 Å². The maximum absolute atomic E-state index is 13.9. The Bertz CT molecular complexity index is 1770. The van der Waals surface area contributed by atoms with Gasteiger partial charge in [-0.1, -0.05) is 25.4 Å². The molecule has 0 bridgehead atoms. The number of benzene rings is 1. The number of aromatic nitrogens is 3. The minimum atomic E-state index is -3.64. The fourth-order valence-corrected chi connectivity index (χ4v) is 6.56. The first-order valence-corrected chi connectivity index (χ1v) is 17.1. The fraction of sp³-hybridized carbons (Fsp3) is 0.500. The summed E-state index contributed by atoms with van der Waals surface area (Å²) in [5.74, 6) is -0.867. The van der Waals surface area contributed by atoms with E-state index in [0.717, 1.165) is 24.7 Å². The summed E-state index contributed by atoms with van der Waals surface area (Å²) < 4.78 is 33.7. The number of hydrogen-bond donors (Lipinski definition) is 2. The second-order valence-corrected chi connectivity index (χ2v) is 14.3. The van der Waals surface area contributed by atoms with Crippen LogP contribution in [-0.2, 0) is 19.6 Å². The third-order valence-corrected chi connectivity index (χ3v) is 9.05. The zero-order chi connectivity index (χ0) is 32.6. The lowest BCUT2D eigenvalue weighted by Gasteiger charge is -2.35. The third-order valence-electron chi connectivity index (χ3n) is 8.23. The summed E-state index contributed by atoms with van der Waals surface area (Å²) in [7, 11) is -3.64. The Kier molecular flexibility index (Phi) is 9.25. The van der Waals surface area contributed by atoms with Crippen LogP contribution < -0.4 is 15.4 Å². The van der Waals surface area contributed by atoms with Crippen molar-refractivity contribution in [1.29, 1.82) is 5.26 Å². The van der Waals surface area contributed by atoms with Gasteiger partial charge in [0.1, 0.15) is 23.9 Å². The Balaban J connectivity index is 1.42. The van der Waals surface area contributed by atoms with Crippen LogP contribution in [0.3, 0.4) is 0 Å². The molecule has 2 aliphatic heterocycles. The molecular formula is C30H37ClN8O5S. The number of piperidine rings is 1. The number of hydrogen-bond acceptors (Lipinski definition) is 10. The molecule has 2 aromatic heterocycles. The molecule has 2 aliphatic rings. The SMILES string of the molecule is Cc1cn2nc(C3CCCCN3C(=O)c3cc(Cl)ccc3NS(C)(=O)=O)cc2nc1N1CC(C#N)C(OC(=O)C(N)C(C)C)C1. The molecule has 13 nitrogen and oxygen atoms in total. The molecule has 4 unspecified atom stereocenters. The Morgan fingerprint density at radius 1 is 1.22 bits per heavy atom. The van der Waals surface area contributed by atoms with E-state index < -0.39 is 34.1 Å². The van der Waals surface area contributed by atoms with Crippen LogP contribution in [-0.4, -0.2) is 77.8 Å². The normalized spacial score (nSPS) is 21.2. The van der Waals surface area contributed by atoms with E-state index in [0.29, 0.717) is 48.2 Å². The molecule has 0 radical (unpaired) electrons. The minimum absolute atomic E-state index is 0.0926.